The minimum atomic E-state index is 0. The van der Waals surface area contributed by atoms with Crippen molar-refractivity contribution < 1.29 is 19.5 Å². The Morgan fingerprint density at radius 2 is 0.333 bits per heavy atom. The van der Waals surface area contributed by atoms with Crippen molar-refractivity contribution in [2.75, 3.05) is 0 Å². The van der Waals surface area contributed by atoms with Crippen molar-refractivity contribution in [3.63, 3.8) is 0 Å². The van der Waals surface area contributed by atoms with Gasteiger partial charge in [-0.1, -0.05) is 0 Å². The van der Waals surface area contributed by atoms with Crippen LogP contribution in [0.2, 0.25) is 0 Å². The van der Waals surface area contributed by atoms with Crippen LogP contribution >= 0.6 is 0 Å². The topological polar surface area (TPSA) is 168 Å². The average molecular weight is 181 g/mol. The molecule has 0 saturated heterocycles. The Labute approximate surface area is 50.9 Å². The van der Waals surface area contributed by atoms with Gasteiger partial charge in [0.2, 0.25) is 0 Å². The molecule has 0 amide bonds. The molecule has 0 aromatic carbocycles. The number of rotatable bonds is 0. The fourth-order valence-corrected chi connectivity index (χ4v) is 0. The van der Waals surface area contributed by atoms with Crippen molar-refractivity contribution in [3.8, 4) is 0 Å². The summed E-state index contributed by atoms with van der Waals surface area (Å²) in [5, 5.41) is 0. The van der Waals surface area contributed by atoms with E-state index in [9.17, 15) is 0 Å². The molecule has 0 aliphatic carbocycles. The summed E-state index contributed by atoms with van der Waals surface area (Å²) in [6, 6.07) is 0. The van der Waals surface area contributed by atoms with Gasteiger partial charge in [0.05, 0.1) is 0 Å². The first-order valence-electron chi connectivity index (χ1n) is 0. The number of nitrogens with two attached hydrogens (primary N) is 5. The molecular weight excluding hydrogens is 171 g/mol. The van der Waals surface area contributed by atoms with Crippen LogP contribution in [0.25, 0.3) is 30.8 Å². The second kappa shape index (κ2) is 592. The quantitative estimate of drug-likeness (QED) is 0.498. The minimum absolute atomic E-state index is 0. The molecule has 0 aromatic heterocycles. The number of hydrogen-bond acceptors (Lipinski definition) is 0. The Hall–Kier alpha value is 0.423. The van der Waals surface area contributed by atoms with Crippen LogP contribution in [-0.2, 0) is 19.5 Å². The second-order valence-electron chi connectivity index (χ2n) is 0. The monoisotopic (exact) mass is 182 g/mol. The molecule has 6 heteroatoms. The molecule has 10 N–H and O–H groups in total. The van der Waals surface area contributed by atoms with Crippen LogP contribution < -0.4 is 0 Å². The van der Waals surface area contributed by atoms with E-state index in [2.05, 4.69) is 0 Å². The smallest absolute Gasteiger partial charge is 0.693 e. The second-order valence-corrected chi connectivity index (χ2v) is 0. The van der Waals surface area contributed by atoms with E-state index < -0.39 is 0 Å². The van der Waals surface area contributed by atoms with Gasteiger partial charge < -0.3 is 30.8 Å². The van der Waals surface area contributed by atoms with Gasteiger partial charge in [-0.25, -0.2) is 0 Å². The van der Waals surface area contributed by atoms with Crippen molar-refractivity contribution >= 4 is 0 Å². The predicted octanol–water partition coefficient (Wildman–Crippen LogP) is 3.58. The van der Waals surface area contributed by atoms with E-state index in [1.165, 1.54) is 0 Å². The van der Waals surface area contributed by atoms with Crippen molar-refractivity contribution in [3.05, 3.63) is 30.8 Å². The molecule has 0 bridgehead atoms. The minimum Gasteiger partial charge on any atom is -0.693 e. The van der Waals surface area contributed by atoms with Crippen LogP contribution in [0.1, 0.15) is 0 Å². The Morgan fingerprint density at radius 1 is 0.333 bits per heavy atom. The Morgan fingerprint density at radius 3 is 0.333 bits per heavy atom. The van der Waals surface area contributed by atoms with Crippen molar-refractivity contribution in [2.24, 2.45) is 0 Å². The van der Waals surface area contributed by atoms with Gasteiger partial charge in [0.15, 0.2) is 0 Å². The summed E-state index contributed by atoms with van der Waals surface area (Å²) in [4.78, 5) is 0. The molecule has 0 fully saturated rings. The van der Waals surface area contributed by atoms with Gasteiger partial charge in [0.25, 0.3) is 0 Å². The van der Waals surface area contributed by atoms with Crippen LogP contribution in [0.4, 0.5) is 0 Å². The van der Waals surface area contributed by atoms with Gasteiger partial charge in [0, 0.05) is 0 Å². The van der Waals surface area contributed by atoms with Crippen LogP contribution in [0.15, 0.2) is 0 Å². The SMILES string of the molecule is [NH2-].[NH2-].[NH2-].[NH2-].[NH2-].[Ru+5]. The summed E-state index contributed by atoms with van der Waals surface area (Å²) in [6.45, 7) is 0. The van der Waals surface area contributed by atoms with E-state index in [-0.39, 0.29) is 50.2 Å². The molecule has 0 aliphatic rings. The molecule has 0 aliphatic heterocycles. The van der Waals surface area contributed by atoms with Crippen molar-refractivity contribution in [2.45, 2.75) is 0 Å². The van der Waals surface area contributed by atoms with Gasteiger partial charge in [-0.2, -0.15) is 0 Å². The maximum atomic E-state index is 0. The third-order valence-electron chi connectivity index (χ3n) is 0. The molecule has 43 valence electrons. The van der Waals surface area contributed by atoms with Gasteiger partial charge in [-0.3, -0.25) is 0 Å². The van der Waals surface area contributed by atoms with Gasteiger partial charge >= 0.3 is 19.5 Å². The third kappa shape index (κ3) is 289. The molecule has 0 saturated carbocycles. The van der Waals surface area contributed by atoms with E-state index in [1.54, 1.807) is 0 Å². The van der Waals surface area contributed by atoms with Crippen molar-refractivity contribution in [1.29, 1.82) is 0 Å². The molecule has 0 heterocycles. The summed E-state index contributed by atoms with van der Waals surface area (Å²) < 4.78 is 0. The number of hydrogen-bond donors (Lipinski definition) is 0. The van der Waals surface area contributed by atoms with E-state index in [1.807, 2.05) is 0 Å². The van der Waals surface area contributed by atoms with Crippen LogP contribution in [0.3, 0.4) is 0 Å². The normalized spacial score (nSPS) is 0. The first-order valence-corrected chi connectivity index (χ1v) is 0. The average Bonchev–Trinajstić information content (AvgIpc) is 0. The Balaban J connectivity index is 0. The van der Waals surface area contributed by atoms with Crippen LogP contribution in [-0.4, -0.2) is 0 Å². The largest absolute Gasteiger partial charge is 5.00 e. The fraction of sp³-hybridized carbons (Fsp3) is 0. The Kier molecular flexibility index (Phi) is 104000. The molecule has 0 spiro atoms. The zero-order valence-electron chi connectivity index (χ0n) is 3.24. The summed E-state index contributed by atoms with van der Waals surface area (Å²) in [5.41, 5.74) is 0. The van der Waals surface area contributed by atoms with Gasteiger partial charge in [0.1, 0.15) is 0 Å². The van der Waals surface area contributed by atoms with E-state index in [0.29, 0.717) is 0 Å². The van der Waals surface area contributed by atoms with E-state index in [0.717, 1.165) is 0 Å². The molecule has 0 atom stereocenters. The standard InChI is InChI=1S/5H2N.Ru/h5*1H2;/q5*-1;+5. The molecule has 0 aromatic rings. The summed E-state index contributed by atoms with van der Waals surface area (Å²) in [5.74, 6) is 0. The van der Waals surface area contributed by atoms with Crippen LogP contribution in [0, 0.1) is 0 Å². The molecule has 5 nitrogen and oxygen atoms in total. The Bertz CT molecular complexity index is 3.90. The molecule has 0 unspecified atom stereocenters. The van der Waals surface area contributed by atoms with Crippen LogP contribution in [0.5, 0.6) is 0 Å². The first-order chi connectivity index (χ1) is 0. The zero-order chi connectivity index (χ0) is 0. The maximum absolute atomic E-state index is 0. The predicted molar refractivity (Wildman–Crippen MR) is 26.4 cm³/mol. The summed E-state index contributed by atoms with van der Waals surface area (Å²) >= 11 is 0. The maximum Gasteiger partial charge on any atom is 5.00 e. The molecule has 0 rings (SSSR count). The fourth-order valence-electron chi connectivity index (χ4n) is 0. The van der Waals surface area contributed by atoms with Gasteiger partial charge in [-0.05, 0) is 0 Å². The third-order valence-corrected chi connectivity index (χ3v) is 0. The zero-order valence-corrected chi connectivity index (χ0v) is 4.98. The first kappa shape index (κ1) is 1050. The van der Waals surface area contributed by atoms with Crippen molar-refractivity contribution in [1.82, 2.24) is 0 Å². The van der Waals surface area contributed by atoms with E-state index >= 15 is 0 Å². The summed E-state index contributed by atoms with van der Waals surface area (Å²) in [6.07, 6.45) is 0. The summed E-state index contributed by atoms with van der Waals surface area (Å²) in [7, 11) is 0. The van der Waals surface area contributed by atoms with Gasteiger partial charge in [-0.15, -0.1) is 0 Å². The molecular formula is H10N5Ru. The molecule has 6 heavy (non-hydrogen) atoms. The van der Waals surface area contributed by atoms with E-state index in [4.69, 9.17) is 0 Å². The molecule has 1 radical (unpaired) electrons.